The first-order valence-electron chi connectivity index (χ1n) is 9.24. The van der Waals surface area contributed by atoms with Crippen molar-refractivity contribution in [3.63, 3.8) is 0 Å². The number of nitrogens with zero attached hydrogens (tertiary/aromatic N) is 1. The van der Waals surface area contributed by atoms with Crippen molar-refractivity contribution >= 4 is 5.91 Å². The fourth-order valence-corrected chi connectivity index (χ4v) is 3.36. The zero-order chi connectivity index (χ0) is 21.1. The van der Waals surface area contributed by atoms with Crippen LogP contribution in [0.4, 0.5) is 17.6 Å². The first-order chi connectivity index (χ1) is 13.7. The highest BCUT2D eigenvalue weighted by Gasteiger charge is 2.37. The highest BCUT2D eigenvalue weighted by Crippen LogP contribution is 2.33. The zero-order valence-corrected chi connectivity index (χ0v) is 15.6. The smallest absolute Gasteiger partial charge is 0.417 e. The van der Waals surface area contributed by atoms with Gasteiger partial charge in [-0.25, -0.2) is 4.39 Å². The first kappa shape index (κ1) is 21.1. The summed E-state index contributed by atoms with van der Waals surface area (Å²) in [7, 11) is 0. The number of ether oxygens (including phenoxy) is 1. The summed E-state index contributed by atoms with van der Waals surface area (Å²) < 4.78 is 58.1. The van der Waals surface area contributed by atoms with Crippen LogP contribution in [0.2, 0.25) is 0 Å². The Morgan fingerprint density at radius 2 is 1.76 bits per heavy atom. The number of hydrogen-bond donors (Lipinski definition) is 1. The predicted molar refractivity (Wildman–Crippen MR) is 98.0 cm³/mol. The standard InChI is InChI=1S/C21H21F4NO3/c22-15-6-8-16(9-7-15)29-14-20(28)10-3-12-26(13-11-20)19(27)17-4-1-2-5-18(17)21(23,24)25/h1-2,4-9,28H,3,10-14H2. The molecule has 1 amide bonds. The van der Waals surface area contributed by atoms with Crippen LogP contribution in [-0.4, -0.2) is 41.2 Å². The topological polar surface area (TPSA) is 49.8 Å². The normalized spacial score (nSPS) is 20.2. The van der Waals surface area contributed by atoms with Gasteiger partial charge >= 0.3 is 6.18 Å². The van der Waals surface area contributed by atoms with E-state index < -0.39 is 34.6 Å². The Morgan fingerprint density at radius 1 is 1.07 bits per heavy atom. The fourth-order valence-electron chi connectivity index (χ4n) is 3.36. The number of aliphatic hydroxyl groups is 1. The van der Waals surface area contributed by atoms with Gasteiger partial charge in [0.25, 0.3) is 5.91 Å². The number of hydrogen-bond acceptors (Lipinski definition) is 3. The van der Waals surface area contributed by atoms with E-state index in [1.165, 1.54) is 47.4 Å². The lowest BCUT2D eigenvalue weighted by molar-refractivity contribution is -0.138. The van der Waals surface area contributed by atoms with Gasteiger partial charge in [0.05, 0.1) is 11.1 Å². The molecule has 1 atom stereocenters. The van der Waals surface area contributed by atoms with E-state index in [9.17, 15) is 27.5 Å². The van der Waals surface area contributed by atoms with Gasteiger partial charge in [-0.1, -0.05) is 12.1 Å². The zero-order valence-electron chi connectivity index (χ0n) is 15.6. The molecule has 2 aromatic carbocycles. The lowest BCUT2D eigenvalue weighted by Crippen LogP contribution is -2.38. The molecule has 3 rings (SSSR count). The lowest BCUT2D eigenvalue weighted by atomic mass is 9.96. The number of carbonyl (C=O) groups is 1. The van der Waals surface area contributed by atoms with E-state index >= 15 is 0 Å². The van der Waals surface area contributed by atoms with Crippen molar-refractivity contribution in [2.24, 2.45) is 0 Å². The highest BCUT2D eigenvalue weighted by atomic mass is 19.4. The molecule has 156 valence electrons. The molecule has 0 aliphatic carbocycles. The Kier molecular flexibility index (Phi) is 6.12. The first-order valence-corrected chi connectivity index (χ1v) is 9.24. The Balaban J connectivity index is 1.66. The summed E-state index contributed by atoms with van der Waals surface area (Å²) >= 11 is 0. The summed E-state index contributed by atoms with van der Waals surface area (Å²) in [6, 6.07) is 10.1. The molecule has 1 saturated heterocycles. The average Bonchev–Trinajstić information content (AvgIpc) is 2.88. The molecule has 1 unspecified atom stereocenters. The van der Waals surface area contributed by atoms with Gasteiger partial charge in [0.1, 0.15) is 23.8 Å². The van der Waals surface area contributed by atoms with Crippen LogP contribution in [0.15, 0.2) is 48.5 Å². The van der Waals surface area contributed by atoms with Crippen LogP contribution in [0.1, 0.15) is 35.2 Å². The number of amides is 1. The molecule has 1 aliphatic heterocycles. The molecular weight excluding hydrogens is 390 g/mol. The largest absolute Gasteiger partial charge is 0.491 e. The molecule has 8 heteroatoms. The van der Waals surface area contributed by atoms with E-state index in [4.69, 9.17) is 4.74 Å². The Morgan fingerprint density at radius 3 is 2.45 bits per heavy atom. The van der Waals surface area contributed by atoms with Gasteiger partial charge in [-0.05, 0) is 55.7 Å². The number of rotatable bonds is 4. The lowest BCUT2D eigenvalue weighted by Gasteiger charge is -2.27. The van der Waals surface area contributed by atoms with E-state index in [0.29, 0.717) is 18.6 Å². The van der Waals surface area contributed by atoms with Crippen LogP contribution in [-0.2, 0) is 6.18 Å². The van der Waals surface area contributed by atoms with Crippen molar-refractivity contribution in [2.75, 3.05) is 19.7 Å². The summed E-state index contributed by atoms with van der Waals surface area (Å²) in [5.41, 5.74) is -2.59. The highest BCUT2D eigenvalue weighted by molar-refractivity contribution is 5.96. The van der Waals surface area contributed by atoms with E-state index in [0.717, 1.165) is 6.07 Å². The molecule has 1 N–H and O–H groups in total. The van der Waals surface area contributed by atoms with Crippen LogP contribution < -0.4 is 4.74 Å². The Hall–Kier alpha value is -2.61. The number of halogens is 4. The summed E-state index contributed by atoms with van der Waals surface area (Å²) in [6.45, 7) is 0.290. The Labute approximate surface area is 165 Å². The minimum absolute atomic E-state index is 0.0558. The molecule has 0 bridgehead atoms. The van der Waals surface area contributed by atoms with Crippen molar-refractivity contribution in [2.45, 2.75) is 31.0 Å². The van der Waals surface area contributed by atoms with Gasteiger partial charge < -0.3 is 14.7 Å². The molecule has 0 spiro atoms. The van der Waals surface area contributed by atoms with Crippen LogP contribution >= 0.6 is 0 Å². The van der Waals surface area contributed by atoms with Crippen molar-refractivity contribution in [1.82, 2.24) is 4.90 Å². The third kappa shape index (κ3) is 5.26. The minimum atomic E-state index is -4.62. The van der Waals surface area contributed by atoms with E-state index in [1.807, 2.05) is 0 Å². The fraction of sp³-hybridized carbons (Fsp3) is 0.381. The summed E-state index contributed by atoms with van der Waals surface area (Å²) in [4.78, 5) is 14.1. The van der Waals surface area contributed by atoms with Crippen molar-refractivity contribution in [3.05, 3.63) is 65.5 Å². The van der Waals surface area contributed by atoms with Crippen molar-refractivity contribution in [3.8, 4) is 5.75 Å². The number of likely N-dealkylation sites (tertiary alicyclic amines) is 1. The Bertz CT molecular complexity index is 854. The molecule has 29 heavy (non-hydrogen) atoms. The van der Waals surface area contributed by atoms with Crippen molar-refractivity contribution in [1.29, 1.82) is 0 Å². The molecule has 1 heterocycles. The SMILES string of the molecule is O=C(c1ccccc1C(F)(F)F)N1CCCC(O)(COc2ccc(F)cc2)CC1. The third-order valence-electron chi connectivity index (χ3n) is 4.99. The van der Waals surface area contributed by atoms with Gasteiger partial charge in [0, 0.05) is 13.1 Å². The summed E-state index contributed by atoms with van der Waals surface area (Å²) in [6.07, 6.45) is -3.71. The second-order valence-electron chi connectivity index (χ2n) is 7.16. The van der Waals surface area contributed by atoms with Crippen LogP contribution in [0, 0.1) is 5.82 Å². The molecule has 0 saturated carbocycles. The molecule has 2 aromatic rings. The molecule has 4 nitrogen and oxygen atoms in total. The number of carbonyl (C=O) groups excluding carboxylic acids is 1. The average molecular weight is 411 g/mol. The van der Waals surface area contributed by atoms with Gasteiger partial charge in [0.2, 0.25) is 0 Å². The van der Waals surface area contributed by atoms with E-state index in [1.54, 1.807) is 0 Å². The minimum Gasteiger partial charge on any atom is -0.491 e. The van der Waals surface area contributed by atoms with Gasteiger partial charge in [-0.2, -0.15) is 13.2 Å². The van der Waals surface area contributed by atoms with Gasteiger partial charge in [0.15, 0.2) is 0 Å². The molecular formula is C21H21F4NO3. The second-order valence-corrected chi connectivity index (χ2v) is 7.16. The maximum atomic E-state index is 13.2. The molecule has 1 aliphatic rings. The monoisotopic (exact) mass is 411 g/mol. The van der Waals surface area contributed by atoms with Gasteiger partial charge in [-0.15, -0.1) is 0 Å². The van der Waals surface area contributed by atoms with Crippen molar-refractivity contribution < 1.29 is 32.2 Å². The van der Waals surface area contributed by atoms with Crippen LogP contribution in [0.3, 0.4) is 0 Å². The summed E-state index contributed by atoms with van der Waals surface area (Å²) in [5, 5.41) is 10.8. The quantitative estimate of drug-likeness (QED) is 0.764. The van der Waals surface area contributed by atoms with Gasteiger partial charge in [-0.3, -0.25) is 4.79 Å². The van der Waals surface area contributed by atoms with Crippen LogP contribution in [0.25, 0.3) is 0 Å². The number of alkyl halides is 3. The van der Waals surface area contributed by atoms with E-state index in [-0.39, 0.29) is 26.1 Å². The molecule has 1 fully saturated rings. The van der Waals surface area contributed by atoms with E-state index in [2.05, 4.69) is 0 Å². The summed E-state index contributed by atoms with van der Waals surface area (Å²) in [5.74, 6) is -0.712. The maximum absolute atomic E-state index is 13.2. The molecule has 0 aromatic heterocycles. The van der Waals surface area contributed by atoms with Crippen LogP contribution in [0.5, 0.6) is 5.75 Å². The predicted octanol–water partition coefficient (Wildman–Crippen LogP) is 4.28. The molecule has 0 radical (unpaired) electrons. The second kappa shape index (κ2) is 8.41. The third-order valence-corrected chi connectivity index (χ3v) is 4.99. The number of benzene rings is 2. The maximum Gasteiger partial charge on any atom is 0.417 e.